The van der Waals surface area contributed by atoms with E-state index < -0.39 is 30.0 Å². The topological polar surface area (TPSA) is 52.9 Å². The summed E-state index contributed by atoms with van der Waals surface area (Å²) in [6.07, 6.45) is -4.86. The fourth-order valence-corrected chi connectivity index (χ4v) is 2.27. The SMILES string of the molecule is N#CC1C(=O)NC(c2ccccc2)CC1C(F)(F)F. The van der Waals surface area contributed by atoms with Crippen molar-refractivity contribution in [1.29, 1.82) is 5.26 Å². The van der Waals surface area contributed by atoms with Gasteiger partial charge in [-0.2, -0.15) is 18.4 Å². The number of piperidine rings is 1. The maximum absolute atomic E-state index is 12.9. The lowest BCUT2D eigenvalue weighted by molar-refractivity contribution is -0.195. The quantitative estimate of drug-likeness (QED) is 0.851. The summed E-state index contributed by atoms with van der Waals surface area (Å²) in [5.41, 5.74) is 0.612. The van der Waals surface area contributed by atoms with Gasteiger partial charge in [-0.25, -0.2) is 0 Å². The zero-order chi connectivity index (χ0) is 14.0. The molecular formula is C13H11F3N2O. The van der Waals surface area contributed by atoms with Crippen LogP contribution in [0.2, 0.25) is 0 Å². The Morgan fingerprint density at radius 3 is 2.42 bits per heavy atom. The van der Waals surface area contributed by atoms with Crippen LogP contribution in [0.15, 0.2) is 30.3 Å². The lowest BCUT2D eigenvalue weighted by Gasteiger charge is -2.34. The molecule has 19 heavy (non-hydrogen) atoms. The molecule has 1 aliphatic rings. The predicted octanol–water partition coefficient (Wildman–Crippen LogP) is 2.57. The molecule has 1 aromatic carbocycles. The van der Waals surface area contributed by atoms with Crippen LogP contribution in [0.3, 0.4) is 0 Å². The van der Waals surface area contributed by atoms with Gasteiger partial charge < -0.3 is 5.32 Å². The predicted molar refractivity (Wildman–Crippen MR) is 60.6 cm³/mol. The number of carbonyl (C=O) groups is 1. The fourth-order valence-electron chi connectivity index (χ4n) is 2.27. The molecule has 3 atom stereocenters. The Balaban J connectivity index is 2.29. The summed E-state index contributed by atoms with van der Waals surface area (Å²) in [6.45, 7) is 0. The van der Waals surface area contributed by atoms with Gasteiger partial charge in [-0.05, 0) is 12.0 Å². The average Bonchev–Trinajstić information content (AvgIpc) is 2.37. The first-order valence-corrected chi connectivity index (χ1v) is 5.75. The molecule has 0 aliphatic carbocycles. The third kappa shape index (κ3) is 2.70. The number of benzene rings is 1. The number of carbonyl (C=O) groups excluding carboxylic acids is 1. The monoisotopic (exact) mass is 268 g/mol. The van der Waals surface area contributed by atoms with Gasteiger partial charge in [0.1, 0.15) is 5.92 Å². The molecule has 0 bridgehead atoms. The molecule has 1 saturated heterocycles. The van der Waals surface area contributed by atoms with Crippen molar-refractivity contribution < 1.29 is 18.0 Å². The Labute approximate surface area is 108 Å². The van der Waals surface area contributed by atoms with Gasteiger partial charge in [-0.1, -0.05) is 30.3 Å². The largest absolute Gasteiger partial charge is 0.393 e. The van der Waals surface area contributed by atoms with Crippen LogP contribution in [0.5, 0.6) is 0 Å². The van der Waals surface area contributed by atoms with E-state index in [9.17, 15) is 18.0 Å². The zero-order valence-corrected chi connectivity index (χ0v) is 9.82. The molecular weight excluding hydrogens is 257 g/mol. The highest BCUT2D eigenvalue weighted by molar-refractivity contribution is 5.82. The van der Waals surface area contributed by atoms with E-state index >= 15 is 0 Å². The van der Waals surface area contributed by atoms with Crippen LogP contribution >= 0.6 is 0 Å². The molecule has 1 heterocycles. The van der Waals surface area contributed by atoms with Crippen LogP contribution in [0.1, 0.15) is 18.0 Å². The first-order chi connectivity index (χ1) is 8.93. The van der Waals surface area contributed by atoms with E-state index in [0.29, 0.717) is 5.56 Å². The molecule has 0 saturated carbocycles. The number of nitrogens with one attached hydrogen (secondary N) is 1. The maximum atomic E-state index is 12.9. The first-order valence-electron chi connectivity index (χ1n) is 5.75. The molecule has 1 amide bonds. The summed E-state index contributed by atoms with van der Waals surface area (Å²) in [4.78, 5) is 11.6. The van der Waals surface area contributed by atoms with Crippen molar-refractivity contribution in [2.75, 3.05) is 0 Å². The van der Waals surface area contributed by atoms with Crippen LogP contribution in [0.4, 0.5) is 13.2 Å². The first kappa shape index (κ1) is 13.4. The maximum Gasteiger partial charge on any atom is 0.393 e. The smallest absolute Gasteiger partial charge is 0.348 e. The highest BCUT2D eigenvalue weighted by Crippen LogP contribution is 2.41. The van der Waals surface area contributed by atoms with E-state index in [1.54, 1.807) is 30.3 Å². The summed E-state index contributed by atoms with van der Waals surface area (Å²) in [5, 5.41) is 11.2. The van der Waals surface area contributed by atoms with Gasteiger partial charge in [0.05, 0.1) is 18.0 Å². The number of halogens is 3. The number of hydrogen-bond acceptors (Lipinski definition) is 2. The number of hydrogen-bond donors (Lipinski definition) is 1. The van der Waals surface area contributed by atoms with Crippen molar-refractivity contribution in [2.45, 2.75) is 18.6 Å². The Bertz CT molecular complexity index is 507. The van der Waals surface area contributed by atoms with Crippen molar-refractivity contribution in [2.24, 2.45) is 11.8 Å². The lowest BCUT2D eigenvalue weighted by atomic mass is 9.81. The van der Waals surface area contributed by atoms with Gasteiger partial charge in [0, 0.05) is 0 Å². The number of amides is 1. The Hall–Kier alpha value is -2.03. The average molecular weight is 268 g/mol. The third-order valence-electron chi connectivity index (χ3n) is 3.25. The molecule has 3 unspecified atom stereocenters. The van der Waals surface area contributed by atoms with Crippen LogP contribution < -0.4 is 5.32 Å². The van der Waals surface area contributed by atoms with E-state index in [1.165, 1.54) is 6.07 Å². The lowest BCUT2D eigenvalue weighted by Crippen LogP contribution is -2.48. The molecule has 1 fully saturated rings. The second-order valence-electron chi connectivity index (χ2n) is 4.46. The molecule has 1 N–H and O–H groups in total. The van der Waals surface area contributed by atoms with Gasteiger partial charge >= 0.3 is 6.18 Å². The minimum absolute atomic E-state index is 0.308. The minimum Gasteiger partial charge on any atom is -0.348 e. The van der Waals surface area contributed by atoms with Gasteiger partial charge in [-0.15, -0.1) is 0 Å². The highest BCUT2D eigenvalue weighted by atomic mass is 19.4. The Morgan fingerprint density at radius 1 is 1.26 bits per heavy atom. The zero-order valence-electron chi connectivity index (χ0n) is 9.82. The molecule has 100 valence electrons. The standard InChI is InChI=1S/C13H11F3N2O/c14-13(15,16)10-6-11(8-4-2-1-3-5-8)18-12(19)9(10)7-17/h1-5,9-11H,6H2,(H,18,19). The molecule has 0 aromatic heterocycles. The normalized spacial score (nSPS) is 27.5. The number of rotatable bonds is 1. The van der Waals surface area contributed by atoms with Crippen LogP contribution in [0.25, 0.3) is 0 Å². The van der Waals surface area contributed by atoms with Gasteiger partial charge in [-0.3, -0.25) is 4.79 Å². The van der Waals surface area contributed by atoms with Gasteiger partial charge in [0.25, 0.3) is 0 Å². The summed E-state index contributed by atoms with van der Waals surface area (Å²) in [5.74, 6) is -4.44. The minimum atomic E-state index is -4.55. The van der Waals surface area contributed by atoms with Crippen molar-refractivity contribution in [1.82, 2.24) is 5.32 Å². The van der Waals surface area contributed by atoms with Crippen LogP contribution in [-0.4, -0.2) is 12.1 Å². The Morgan fingerprint density at radius 2 is 1.89 bits per heavy atom. The van der Waals surface area contributed by atoms with Gasteiger partial charge in [0.15, 0.2) is 0 Å². The van der Waals surface area contributed by atoms with Crippen molar-refractivity contribution in [3.63, 3.8) is 0 Å². The molecule has 6 heteroatoms. The van der Waals surface area contributed by atoms with E-state index in [1.807, 2.05) is 0 Å². The second-order valence-corrected chi connectivity index (χ2v) is 4.46. The number of nitriles is 1. The van der Waals surface area contributed by atoms with Crippen LogP contribution in [-0.2, 0) is 4.79 Å². The molecule has 0 radical (unpaired) electrons. The van der Waals surface area contributed by atoms with E-state index in [-0.39, 0.29) is 6.42 Å². The fraction of sp³-hybridized carbons (Fsp3) is 0.385. The van der Waals surface area contributed by atoms with E-state index in [2.05, 4.69) is 5.32 Å². The molecule has 1 aliphatic heterocycles. The Kier molecular flexibility index (Phi) is 3.47. The summed E-state index contributed by atoms with van der Waals surface area (Å²) in [6, 6.07) is 9.20. The van der Waals surface area contributed by atoms with E-state index in [4.69, 9.17) is 5.26 Å². The third-order valence-corrected chi connectivity index (χ3v) is 3.25. The molecule has 2 rings (SSSR count). The van der Waals surface area contributed by atoms with Crippen molar-refractivity contribution in [3.8, 4) is 6.07 Å². The van der Waals surface area contributed by atoms with Crippen molar-refractivity contribution >= 4 is 5.91 Å². The summed E-state index contributed by atoms with van der Waals surface area (Å²) < 4.78 is 38.7. The van der Waals surface area contributed by atoms with E-state index in [0.717, 1.165) is 0 Å². The summed E-state index contributed by atoms with van der Waals surface area (Å²) >= 11 is 0. The highest BCUT2D eigenvalue weighted by Gasteiger charge is 2.51. The molecule has 1 aromatic rings. The summed E-state index contributed by atoms with van der Waals surface area (Å²) in [7, 11) is 0. The molecule has 0 spiro atoms. The van der Waals surface area contributed by atoms with Crippen molar-refractivity contribution in [3.05, 3.63) is 35.9 Å². The number of nitrogens with zero attached hydrogens (tertiary/aromatic N) is 1. The molecule has 3 nitrogen and oxygen atoms in total. The van der Waals surface area contributed by atoms with Crippen LogP contribution in [0, 0.1) is 23.2 Å². The second kappa shape index (κ2) is 4.92. The number of alkyl halides is 3. The van der Waals surface area contributed by atoms with Gasteiger partial charge in [0.2, 0.25) is 5.91 Å².